The van der Waals surface area contributed by atoms with Crippen molar-refractivity contribution in [2.45, 2.75) is 25.3 Å². The molecule has 1 aliphatic heterocycles. The molecule has 1 aliphatic carbocycles. The van der Waals surface area contributed by atoms with E-state index in [2.05, 4.69) is 27.2 Å². The number of likely N-dealkylation sites (N-methyl/N-ethyl adjacent to an activating group) is 1. The summed E-state index contributed by atoms with van der Waals surface area (Å²) in [4.78, 5) is 39.4. The number of hydrogen-bond donors (Lipinski definition) is 2. The zero-order chi connectivity index (χ0) is 21.5. The van der Waals surface area contributed by atoms with Gasteiger partial charge in [-0.15, -0.1) is 11.3 Å². The SMILES string of the molecule is CC(NC(=O)[C@H]1C[C@@H]1c1nc2ccccc2[nH]1)c1ccc(C(=O)N2CCN(C)CC2)s1. The third-order valence-electron chi connectivity index (χ3n) is 6.30. The van der Waals surface area contributed by atoms with E-state index in [1.54, 1.807) is 0 Å². The highest BCUT2D eigenvalue weighted by Crippen LogP contribution is 2.47. The summed E-state index contributed by atoms with van der Waals surface area (Å²) >= 11 is 1.48. The second-order valence-corrected chi connectivity index (χ2v) is 9.73. The van der Waals surface area contributed by atoms with E-state index in [1.165, 1.54) is 11.3 Å². The number of carbonyl (C=O) groups excluding carboxylic acids is 2. The maximum Gasteiger partial charge on any atom is 0.264 e. The predicted molar refractivity (Wildman–Crippen MR) is 121 cm³/mol. The van der Waals surface area contributed by atoms with Crippen molar-refractivity contribution in [1.29, 1.82) is 0 Å². The maximum absolute atomic E-state index is 12.8. The lowest BCUT2D eigenvalue weighted by Gasteiger charge is -2.32. The van der Waals surface area contributed by atoms with E-state index in [0.717, 1.165) is 59.2 Å². The summed E-state index contributed by atoms with van der Waals surface area (Å²) < 4.78 is 0. The van der Waals surface area contributed by atoms with Crippen molar-refractivity contribution in [2.75, 3.05) is 33.2 Å². The number of carbonyl (C=O) groups is 2. The van der Waals surface area contributed by atoms with E-state index >= 15 is 0 Å². The average molecular weight is 438 g/mol. The van der Waals surface area contributed by atoms with Gasteiger partial charge in [0.1, 0.15) is 5.82 Å². The minimum absolute atomic E-state index is 0.0468. The number of nitrogens with one attached hydrogen (secondary N) is 2. The van der Waals surface area contributed by atoms with Crippen molar-refractivity contribution in [1.82, 2.24) is 25.1 Å². The van der Waals surface area contributed by atoms with Crippen LogP contribution in [0.15, 0.2) is 36.4 Å². The topological polar surface area (TPSA) is 81.3 Å². The first-order valence-electron chi connectivity index (χ1n) is 10.8. The Morgan fingerprint density at radius 1 is 1.16 bits per heavy atom. The van der Waals surface area contributed by atoms with Crippen LogP contribution in [0.5, 0.6) is 0 Å². The third kappa shape index (κ3) is 4.09. The Morgan fingerprint density at radius 3 is 2.71 bits per heavy atom. The molecule has 2 amide bonds. The predicted octanol–water partition coefficient (Wildman–Crippen LogP) is 2.99. The molecule has 7 nitrogen and oxygen atoms in total. The number of piperazine rings is 1. The number of imidazole rings is 1. The van der Waals surface area contributed by atoms with Crippen LogP contribution in [0, 0.1) is 5.92 Å². The second-order valence-electron chi connectivity index (χ2n) is 8.62. The number of aromatic nitrogens is 2. The summed E-state index contributed by atoms with van der Waals surface area (Å²) in [5.74, 6) is 1.14. The Bertz CT molecular complexity index is 1080. The number of rotatable bonds is 5. The lowest BCUT2D eigenvalue weighted by Crippen LogP contribution is -2.46. The summed E-state index contributed by atoms with van der Waals surface area (Å²) in [6.07, 6.45) is 0.815. The van der Waals surface area contributed by atoms with Gasteiger partial charge in [0.15, 0.2) is 0 Å². The molecule has 2 fully saturated rings. The van der Waals surface area contributed by atoms with Gasteiger partial charge in [-0.1, -0.05) is 12.1 Å². The van der Waals surface area contributed by atoms with E-state index in [9.17, 15) is 9.59 Å². The van der Waals surface area contributed by atoms with Crippen molar-refractivity contribution in [2.24, 2.45) is 5.92 Å². The molecule has 5 rings (SSSR count). The second kappa shape index (κ2) is 8.09. The van der Waals surface area contributed by atoms with Crippen LogP contribution in [-0.4, -0.2) is 64.8 Å². The van der Waals surface area contributed by atoms with Crippen LogP contribution in [0.1, 0.15) is 45.7 Å². The molecule has 0 spiro atoms. The van der Waals surface area contributed by atoms with Gasteiger partial charge in [-0.2, -0.15) is 0 Å². The van der Waals surface area contributed by atoms with Crippen LogP contribution in [0.4, 0.5) is 0 Å². The zero-order valence-electron chi connectivity index (χ0n) is 17.8. The molecule has 1 saturated carbocycles. The van der Waals surface area contributed by atoms with Gasteiger partial charge in [-0.3, -0.25) is 9.59 Å². The number of amides is 2. The van der Waals surface area contributed by atoms with E-state index in [-0.39, 0.29) is 29.7 Å². The first-order valence-corrected chi connectivity index (χ1v) is 11.6. The van der Waals surface area contributed by atoms with Crippen molar-refractivity contribution >= 4 is 34.2 Å². The van der Waals surface area contributed by atoms with Crippen LogP contribution in [0.2, 0.25) is 0 Å². The number of nitrogens with zero attached hydrogens (tertiary/aromatic N) is 3. The van der Waals surface area contributed by atoms with Gasteiger partial charge in [0.05, 0.1) is 22.0 Å². The highest BCUT2D eigenvalue weighted by atomic mass is 32.1. The van der Waals surface area contributed by atoms with Crippen LogP contribution in [0.25, 0.3) is 11.0 Å². The molecule has 3 aromatic rings. The normalized spacial score (nSPS) is 22.5. The number of fused-ring (bicyclic) bond motifs is 1. The van der Waals surface area contributed by atoms with Crippen LogP contribution in [0.3, 0.4) is 0 Å². The van der Waals surface area contributed by atoms with Crippen LogP contribution >= 0.6 is 11.3 Å². The number of hydrogen-bond acceptors (Lipinski definition) is 5. The first-order chi connectivity index (χ1) is 15.0. The largest absolute Gasteiger partial charge is 0.349 e. The molecule has 162 valence electrons. The molecule has 3 heterocycles. The van der Waals surface area contributed by atoms with Crippen molar-refractivity contribution in [3.8, 4) is 0 Å². The Kier molecular flexibility index (Phi) is 5.27. The molecule has 31 heavy (non-hydrogen) atoms. The molecule has 0 radical (unpaired) electrons. The average Bonchev–Trinajstić information content (AvgIpc) is 3.21. The van der Waals surface area contributed by atoms with Gasteiger partial charge in [-0.05, 0) is 44.7 Å². The smallest absolute Gasteiger partial charge is 0.264 e. The highest BCUT2D eigenvalue weighted by molar-refractivity contribution is 7.14. The quantitative estimate of drug-likeness (QED) is 0.643. The molecule has 2 aliphatic rings. The molecular formula is C23H27N5O2S. The molecule has 1 saturated heterocycles. The van der Waals surface area contributed by atoms with Crippen molar-refractivity contribution < 1.29 is 9.59 Å². The van der Waals surface area contributed by atoms with Gasteiger partial charge >= 0.3 is 0 Å². The number of aromatic amines is 1. The van der Waals surface area contributed by atoms with Gasteiger partial charge in [-0.25, -0.2) is 4.98 Å². The molecule has 1 unspecified atom stereocenters. The highest BCUT2D eigenvalue weighted by Gasteiger charge is 2.46. The number of thiophene rings is 1. The number of benzene rings is 1. The Balaban J connectivity index is 1.18. The molecule has 3 atom stereocenters. The maximum atomic E-state index is 12.8. The van der Waals surface area contributed by atoms with Gasteiger partial charge < -0.3 is 20.1 Å². The standard InChI is InChI=1S/C23H27N5O2S/c1-14(19-7-8-20(31-19)23(30)28-11-9-27(2)10-12-28)24-22(29)16-13-15(16)21-25-17-5-3-4-6-18(17)26-21/h3-8,14-16H,9-13H2,1-2H3,(H,24,29)(H,25,26)/t14?,15-,16-/m0/s1. The van der Waals surface area contributed by atoms with Crippen LogP contribution in [-0.2, 0) is 4.79 Å². The first kappa shape index (κ1) is 20.2. The molecule has 2 N–H and O–H groups in total. The minimum Gasteiger partial charge on any atom is -0.349 e. The van der Waals surface area contributed by atoms with Crippen molar-refractivity contribution in [3.05, 3.63) is 52.0 Å². The lowest BCUT2D eigenvalue weighted by molar-refractivity contribution is -0.123. The van der Waals surface area contributed by atoms with E-state index < -0.39 is 0 Å². The summed E-state index contributed by atoms with van der Waals surface area (Å²) in [5.41, 5.74) is 1.95. The number of H-pyrrole nitrogens is 1. The van der Waals surface area contributed by atoms with E-state index in [1.807, 2.05) is 48.2 Å². The van der Waals surface area contributed by atoms with Gasteiger partial charge in [0.2, 0.25) is 5.91 Å². The Hall–Kier alpha value is -2.71. The molecular weight excluding hydrogens is 410 g/mol. The fraction of sp³-hybridized carbons (Fsp3) is 0.435. The van der Waals surface area contributed by atoms with Crippen molar-refractivity contribution in [3.63, 3.8) is 0 Å². The molecule has 2 aromatic heterocycles. The Labute approximate surface area is 185 Å². The summed E-state index contributed by atoms with van der Waals surface area (Å²) in [5, 5.41) is 3.13. The fourth-order valence-electron chi connectivity index (χ4n) is 4.19. The number of para-hydroxylation sites is 2. The molecule has 1 aromatic carbocycles. The fourth-order valence-corrected chi connectivity index (χ4v) is 5.17. The zero-order valence-corrected chi connectivity index (χ0v) is 18.6. The monoisotopic (exact) mass is 437 g/mol. The summed E-state index contributed by atoms with van der Waals surface area (Å²) in [6, 6.07) is 11.7. The lowest BCUT2D eigenvalue weighted by atomic mass is 10.2. The van der Waals surface area contributed by atoms with Crippen LogP contribution < -0.4 is 5.32 Å². The van der Waals surface area contributed by atoms with Gasteiger partial charge in [0, 0.05) is 42.9 Å². The minimum atomic E-state index is -0.122. The summed E-state index contributed by atoms with van der Waals surface area (Å²) in [6.45, 7) is 5.32. The molecule has 0 bridgehead atoms. The summed E-state index contributed by atoms with van der Waals surface area (Å²) in [7, 11) is 2.08. The van der Waals surface area contributed by atoms with E-state index in [4.69, 9.17) is 0 Å². The van der Waals surface area contributed by atoms with Gasteiger partial charge in [0.25, 0.3) is 5.91 Å². The Morgan fingerprint density at radius 2 is 1.94 bits per heavy atom. The third-order valence-corrected chi connectivity index (χ3v) is 7.56. The molecule has 8 heteroatoms. The van der Waals surface area contributed by atoms with E-state index in [0.29, 0.717) is 0 Å².